The Morgan fingerprint density at radius 2 is 2.28 bits per heavy atom. The summed E-state index contributed by atoms with van der Waals surface area (Å²) in [5.41, 5.74) is 6.78. The summed E-state index contributed by atoms with van der Waals surface area (Å²) in [6.07, 6.45) is 2.34. The van der Waals surface area contributed by atoms with E-state index in [0.717, 1.165) is 10.5 Å². The molecule has 0 amide bonds. The summed E-state index contributed by atoms with van der Waals surface area (Å²) in [4.78, 5) is 11.4. The highest BCUT2D eigenvalue weighted by Gasteiger charge is 2.14. The Hall–Kier alpha value is -0.910. The lowest BCUT2D eigenvalue weighted by atomic mass is 10.0. The predicted molar refractivity (Wildman–Crippen MR) is 73.6 cm³/mol. The topological polar surface area (TPSA) is 72.5 Å². The van der Waals surface area contributed by atoms with E-state index in [1.807, 2.05) is 12.3 Å². The van der Waals surface area contributed by atoms with Gasteiger partial charge in [0.2, 0.25) is 0 Å². The molecule has 0 spiro atoms. The van der Waals surface area contributed by atoms with Crippen molar-refractivity contribution in [3.63, 3.8) is 0 Å². The van der Waals surface area contributed by atoms with Crippen molar-refractivity contribution in [2.45, 2.75) is 23.8 Å². The molecule has 1 rings (SSSR count). The lowest BCUT2D eigenvalue weighted by molar-refractivity contribution is -0.137. The Morgan fingerprint density at radius 3 is 2.78 bits per heavy atom. The first kappa shape index (κ1) is 15.1. The molecule has 0 saturated carbocycles. The summed E-state index contributed by atoms with van der Waals surface area (Å²) in [5, 5.41) is 9.13. The van der Waals surface area contributed by atoms with Crippen LogP contribution >= 0.6 is 23.4 Å². The molecule has 0 heterocycles. The van der Waals surface area contributed by atoms with E-state index in [0.29, 0.717) is 17.2 Å². The molecule has 6 heteroatoms. The number of methoxy groups -OCH3 is 1. The Balaban J connectivity index is 2.96. The van der Waals surface area contributed by atoms with Gasteiger partial charge in [0.1, 0.15) is 0 Å². The van der Waals surface area contributed by atoms with E-state index in [4.69, 9.17) is 27.2 Å². The van der Waals surface area contributed by atoms with E-state index in [9.17, 15) is 4.79 Å². The van der Waals surface area contributed by atoms with Crippen LogP contribution in [0, 0.1) is 0 Å². The van der Waals surface area contributed by atoms with E-state index in [-0.39, 0.29) is 12.5 Å². The molecule has 1 aromatic carbocycles. The second-order valence-corrected chi connectivity index (χ2v) is 5.03. The molecule has 0 saturated heterocycles. The Bertz CT molecular complexity index is 440. The SMILES string of the molecule is COc1c(Cl)cc(C(N)CCC(=O)O)cc1SC. The van der Waals surface area contributed by atoms with Gasteiger partial charge in [0.15, 0.2) is 5.75 Å². The molecule has 0 aromatic heterocycles. The normalized spacial score (nSPS) is 12.2. The van der Waals surface area contributed by atoms with Gasteiger partial charge in [0.05, 0.1) is 17.0 Å². The zero-order valence-corrected chi connectivity index (χ0v) is 11.8. The number of carboxylic acids is 1. The van der Waals surface area contributed by atoms with Crippen LogP contribution in [0.15, 0.2) is 17.0 Å². The molecule has 0 fully saturated rings. The van der Waals surface area contributed by atoms with E-state index >= 15 is 0 Å². The van der Waals surface area contributed by atoms with Gasteiger partial charge in [0, 0.05) is 12.5 Å². The highest BCUT2D eigenvalue weighted by molar-refractivity contribution is 7.98. The third-order valence-corrected chi connectivity index (χ3v) is 3.58. The minimum atomic E-state index is -0.852. The Labute approximate surface area is 115 Å². The van der Waals surface area contributed by atoms with Gasteiger partial charge in [-0.2, -0.15) is 0 Å². The van der Waals surface area contributed by atoms with Crippen LogP contribution in [0.2, 0.25) is 5.02 Å². The van der Waals surface area contributed by atoms with Gasteiger partial charge in [-0.1, -0.05) is 11.6 Å². The van der Waals surface area contributed by atoms with Crippen molar-refractivity contribution in [2.24, 2.45) is 5.73 Å². The summed E-state index contributed by atoms with van der Waals surface area (Å²) < 4.78 is 5.21. The van der Waals surface area contributed by atoms with Crippen molar-refractivity contribution in [1.82, 2.24) is 0 Å². The van der Waals surface area contributed by atoms with E-state index in [1.165, 1.54) is 11.8 Å². The standard InChI is InChI=1S/C12H16ClNO3S/c1-17-12-8(13)5-7(6-10(12)18-2)9(14)3-4-11(15)16/h5-6,9H,3-4,14H2,1-2H3,(H,15,16). The number of rotatable bonds is 6. The monoisotopic (exact) mass is 289 g/mol. The fourth-order valence-corrected chi connectivity index (χ4v) is 2.59. The molecule has 0 aliphatic heterocycles. The molecular formula is C12H16ClNO3S. The number of aliphatic carboxylic acids is 1. The van der Waals surface area contributed by atoms with E-state index in [1.54, 1.807) is 13.2 Å². The van der Waals surface area contributed by atoms with Gasteiger partial charge >= 0.3 is 5.97 Å². The summed E-state index contributed by atoms with van der Waals surface area (Å²) >= 11 is 7.62. The molecule has 1 atom stereocenters. The summed E-state index contributed by atoms with van der Waals surface area (Å²) in [5.74, 6) is -0.228. The first-order valence-electron chi connectivity index (χ1n) is 5.38. The first-order valence-corrected chi connectivity index (χ1v) is 6.98. The number of thioether (sulfide) groups is 1. The fraction of sp³-hybridized carbons (Fsp3) is 0.417. The average molecular weight is 290 g/mol. The van der Waals surface area contributed by atoms with Crippen LogP contribution in [0.5, 0.6) is 5.75 Å². The van der Waals surface area contributed by atoms with Crippen LogP contribution in [-0.4, -0.2) is 24.4 Å². The number of carbonyl (C=O) groups is 1. The highest BCUT2D eigenvalue weighted by Crippen LogP contribution is 2.37. The quantitative estimate of drug-likeness (QED) is 0.788. The van der Waals surface area contributed by atoms with Gasteiger partial charge in [-0.25, -0.2) is 0 Å². The zero-order valence-electron chi connectivity index (χ0n) is 10.3. The molecule has 0 aliphatic rings. The number of nitrogens with two attached hydrogens (primary N) is 1. The van der Waals surface area contributed by atoms with Crippen molar-refractivity contribution >= 4 is 29.3 Å². The second-order valence-electron chi connectivity index (χ2n) is 3.78. The number of hydrogen-bond acceptors (Lipinski definition) is 4. The summed E-state index contributed by atoms with van der Waals surface area (Å²) in [6, 6.07) is 3.28. The molecule has 1 aromatic rings. The maximum absolute atomic E-state index is 10.5. The number of ether oxygens (including phenoxy) is 1. The van der Waals surface area contributed by atoms with Crippen molar-refractivity contribution in [3.8, 4) is 5.75 Å². The number of hydrogen-bond donors (Lipinski definition) is 2. The van der Waals surface area contributed by atoms with E-state index < -0.39 is 5.97 Å². The molecule has 0 radical (unpaired) electrons. The third kappa shape index (κ3) is 3.80. The third-order valence-electron chi connectivity index (χ3n) is 2.55. The van der Waals surface area contributed by atoms with Gasteiger partial charge in [0.25, 0.3) is 0 Å². The molecule has 1 unspecified atom stereocenters. The number of benzene rings is 1. The van der Waals surface area contributed by atoms with Crippen molar-refractivity contribution in [3.05, 3.63) is 22.7 Å². The van der Waals surface area contributed by atoms with Crippen LogP contribution < -0.4 is 10.5 Å². The molecule has 3 N–H and O–H groups in total. The Kier molecular flexibility index (Phi) is 5.78. The highest BCUT2D eigenvalue weighted by atomic mass is 35.5. The Morgan fingerprint density at radius 1 is 1.61 bits per heavy atom. The molecule has 18 heavy (non-hydrogen) atoms. The van der Waals surface area contributed by atoms with Crippen LogP contribution in [0.4, 0.5) is 0 Å². The van der Waals surface area contributed by atoms with Gasteiger partial charge in [-0.3, -0.25) is 4.79 Å². The largest absolute Gasteiger partial charge is 0.494 e. The molecule has 0 bridgehead atoms. The van der Waals surface area contributed by atoms with Gasteiger partial charge in [-0.15, -0.1) is 11.8 Å². The maximum Gasteiger partial charge on any atom is 0.303 e. The second kappa shape index (κ2) is 6.87. The van der Waals surface area contributed by atoms with Crippen molar-refractivity contribution < 1.29 is 14.6 Å². The maximum atomic E-state index is 10.5. The van der Waals surface area contributed by atoms with Gasteiger partial charge in [-0.05, 0) is 30.4 Å². The van der Waals surface area contributed by atoms with Gasteiger partial charge < -0.3 is 15.6 Å². The summed E-state index contributed by atoms with van der Waals surface area (Å²) in [7, 11) is 1.56. The van der Waals surface area contributed by atoms with Crippen molar-refractivity contribution in [2.75, 3.05) is 13.4 Å². The molecule has 0 aliphatic carbocycles. The number of carboxylic acid groups (broad SMARTS) is 1. The summed E-state index contributed by atoms with van der Waals surface area (Å²) in [6.45, 7) is 0. The fourth-order valence-electron chi connectivity index (χ4n) is 1.60. The predicted octanol–water partition coefficient (Wildman–Crippen LogP) is 2.94. The van der Waals surface area contributed by atoms with Crippen LogP contribution in [0.3, 0.4) is 0 Å². The zero-order chi connectivity index (χ0) is 13.7. The van der Waals surface area contributed by atoms with Crippen LogP contribution in [0.1, 0.15) is 24.4 Å². The number of halogens is 1. The smallest absolute Gasteiger partial charge is 0.303 e. The lowest BCUT2D eigenvalue weighted by Crippen LogP contribution is -2.12. The average Bonchev–Trinajstić information content (AvgIpc) is 2.34. The first-order chi connectivity index (χ1) is 8.49. The minimum absolute atomic E-state index is 0.0411. The molecular weight excluding hydrogens is 274 g/mol. The molecule has 100 valence electrons. The molecule has 4 nitrogen and oxygen atoms in total. The van der Waals surface area contributed by atoms with Crippen LogP contribution in [-0.2, 0) is 4.79 Å². The minimum Gasteiger partial charge on any atom is -0.494 e. The van der Waals surface area contributed by atoms with E-state index in [2.05, 4.69) is 0 Å². The van der Waals surface area contributed by atoms with Crippen LogP contribution in [0.25, 0.3) is 0 Å². The lowest BCUT2D eigenvalue weighted by Gasteiger charge is -2.15. The van der Waals surface area contributed by atoms with Crippen molar-refractivity contribution in [1.29, 1.82) is 0 Å².